The van der Waals surface area contributed by atoms with Crippen molar-refractivity contribution in [1.29, 1.82) is 0 Å². The van der Waals surface area contributed by atoms with Gasteiger partial charge in [-0.05, 0) is 11.5 Å². The Balaban J connectivity index is 2.42. The quantitative estimate of drug-likeness (QED) is 0.718. The highest BCUT2D eigenvalue weighted by atomic mass is 19.2. The van der Waals surface area contributed by atoms with Crippen molar-refractivity contribution in [2.75, 3.05) is 7.11 Å². The number of ether oxygens (including phenoxy) is 2. The van der Waals surface area contributed by atoms with Gasteiger partial charge in [0, 0.05) is 12.5 Å². The van der Waals surface area contributed by atoms with Crippen LogP contribution in [0.1, 0.15) is 0 Å². The van der Waals surface area contributed by atoms with E-state index in [2.05, 4.69) is 4.74 Å². The minimum absolute atomic E-state index is 0.488. The number of methoxy groups -OCH3 is 1. The molecule has 2 aromatic carbocycles. The van der Waals surface area contributed by atoms with Gasteiger partial charge in [-0.2, -0.15) is 4.39 Å². The van der Waals surface area contributed by atoms with Gasteiger partial charge in [-0.15, -0.1) is 0 Å². The van der Waals surface area contributed by atoms with Crippen LogP contribution in [-0.2, 0) is 4.74 Å². The molecule has 0 radical (unpaired) electrons. The summed E-state index contributed by atoms with van der Waals surface area (Å²) in [6.45, 7) is -1.73. The first-order valence-corrected chi connectivity index (χ1v) is 4.62. The van der Waals surface area contributed by atoms with E-state index in [-0.39, 0.29) is 0 Å². The number of alkyl halides is 1. The number of halogens is 1. The molecule has 0 spiro atoms. The Morgan fingerprint density at radius 1 is 1.07 bits per heavy atom. The smallest absolute Gasteiger partial charge is 0.352 e. The molecule has 0 fully saturated rings. The third-order valence-electron chi connectivity index (χ3n) is 2.15. The Labute approximate surface area is 87.2 Å². The van der Waals surface area contributed by atoms with E-state index in [1.165, 1.54) is 7.11 Å². The molecule has 2 aromatic rings. The summed E-state index contributed by atoms with van der Waals surface area (Å²) in [5, 5.41) is 1.89. The summed E-state index contributed by atoms with van der Waals surface area (Å²) in [5.74, 6) is 0.488. The van der Waals surface area contributed by atoms with E-state index in [1.807, 2.05) is 36.4 Å². The maximum Gasteiger partial charge on any atom is 0.352 e. The zero-order valence-corrected chi connectivity index (χ0v) is 8.31. The summed E-state index contributed by atoms with van der Waals surface area (Å²) in [6, 6.07) is 13.1. The van der Waals surface area contributed by atoms with Crippen molar-refractivity contribution in [3.8, 4) is 5.75 Å². The Morgan fingerprint density at radius 2 is 1.80 bits per heavy atom. The van der Waals surface area contributed by atoms with Crippen molar-refractivity contribution < 1.29 is 13.9 Å². The van der Waals surface area contributed by atoms with E-state index in [1.54, 1.807) is 6.07 Å². The molecule has 2 nitrogen and oxygen atoms in total. The minimum atomic E-state index is -1.73. The molecule has 1 unspecified atom stereocenters. The van der Waals surface area contributed by atoms with Crippen molar-refractivity contribution in [3.63, 3.8) is 0 Å². The maximum absolute atomic E-state index is 12.9. The second kappa shape index (κ2) is 4.28. The fraction of sp³-hybridized carbons (Fsp3) is 0.167. The van der Waals surface area contributed by atoms with E-state index >= 15 is 0 Å². The highest BCUT2D eigenvalue weighted by Gasteiger charge is 2.07. The minimum Gasteiger partial charge on any atom is -0.437 e. The van der Waals surface area contributed by atoms with Gasteiger partial charge >= 0.3 is 6.54 Å². The number of hydrogen-bond donors (Lipinski definition) is 0. The third-order valence-corrected chi connectivity index (χ3v) is 2.15. The molecule has 2 rings (SSSR count). The lowest BCUT2D eigenvalue weighted by atomic mass is 10.1. The molecule has 0 amide bonds. The Kier molecular flexibility index (Phi) is 2.83. The highest BCUT2D eigenvalue weighted by molar-refractivity contribution is 5.88. The van der Waals surface area contributed by atoms with Gasteiger partial charge in [0.25, 0.3) is 0 Å². The van der Waals surface area contributed by atoms with Crippen LogP contribution in [-0.4, -0.2) is 13.7 Å². The molecule has 0 saturated carbocycles. The molecule has 0 aliphatic carbocycles. The molecule has 0 aliphatic rings. The molecule has 1 atom stereocenters. The summed E-state index contributed by atoms with van der Waals surface area (Å²) >= 11 is 0. The summed E-state index contributed by atoms with van der Waals surface area (Å²) in [7, 11) is 1.26. The van der Waals surface area contributed by atoms with Crippen molar-refractivity contribution >= 4 is 10.8 Å². The third kappa shape index (κ3) is 2.07. The van der Waals surface area contributed by atoms with Gasteiger partial charge in [-0.3, -0.25) is 0 Å². The molecular formula is C12H11FO2. The molecule has 15 heavy (non-hydrogen) atoms. The largest absolute Gasteiger partial charge is 0.437 e. The van der Waals surface area contributed by atoms with E-state index < -0.39 is 6.54 Å². The number of rotatable bonds is 3. The van der Waals surface area contributed by atoms with Crippen LogP contribution in [0, 0.1) is 0 Å². The van der Waals surface area contributed by atoms with Gasteiger partial charge in [0.1, 0.15) is 5.75 Å². The summed E-state index contributed by atoms with van der Waals surface area (Å²) in [6.07, 6.45) is 0. The average Bonchev–Trinajstić information content (AvgIpc) is 2.29. The summed E-state index contributed by atoms with van der Waals surface area (Å²) in [5.41, 5.74) is 0. The topological polar surface area (TPSA) is 18.5 Å². The highest BCUT2D eigenvalue weighted by Crippen LogP contribution is 2.26. The van der Waals surface area contributed by atoms with Crippen LogP contribution in [0.2, 0.25) is 0 Å². The molecule has 0 saturated heterocycles. The van der Waals surface area contributed by atoms with E-state index in [4.69, 9.17) is 4.74 Å². The standard InChI is InChI=1S/C12H11FO2/c1-14-12(13)15-11-8-4-6-9-5-2-3-7-10(9)11/h2-8,12H,1H3. The van der Waals surface area contributed by atoms with Crippen LogP contribution in [0.5, 0.6) is 5.75 Å². The predicted octanol–water partition coefficient (Wildman–Crippen LogP) is 3.12. The van der Waals surface area contributed by atoms with E-state index in [9.17, 15) is 4.39 Å². The van der Waals surface area contributed by atoms with Crippen LogP contribution >= 0.6 is 0 Å². The molecule has 3 heteroatoms. The maximum atomic E-state index is 12.9. The van der Waals surface area contributed by atoms with Crippen molar-refractivity contribution in [2.24, 2.45) is 0 Å². The predicted molar refractivity (Wildman–Crippen MR) is 56.5 cm³/mol. The summed E-state index contributed by atoms with van der Waals surface area (Å²) < 4.78 is 22.3. The van der Waals surface area contributed by atoms with Gasteiger partial charge in [0.05, 0.1) is 0 Å². The molecule has 78 valence electrons. The molecule has 0 aliphatic heterocycles. The van der Waals surface area contributed by atoms with Gasteiger partial charge in [0.2, 0.25) is 0 Å². The van der Waals surface area contributed by atoms with Crippen LogP contribution < -0.4 is 4.74 Å². The molecule has 0 bridgehead atoms. The molecular weight excluding hydrogens is 195 g/mol. The lowest BCUT2D eigenvalue weighted by Crippen LogP contribution is -2.11. The fourth-order valence-electron chi connectivity index (χ4n) is 1.45. The first-order valence-electron chi connectivity index (χ1n) is 4.62. The van der Waals surface area contributed by atoms with Crippen LogP contribution in [0.3, 0.4) is 0 Å². The zero-order chi connectivity index (χ0) is 10.7. The van der Waals surface area contributed by atoms with E-state index in [0.717, 1.165) is 10.8 Å². The monoisotopic (exact) mass is 206 g/mol. The summed E-state index contributed by atoms with van der Waals surface area (Å²) in [4.78, 5) is 0. The zero-order valence-electron chi connectivity index (χ0n) is 8.31. The van der Waals surface area contributed by atoms with Gasteiger partial charge in [0.15, 0.2) is 0 Å². The first-order chi connectivity index (χ1) is 7.31. The second-order valence-electron chi connectivity index (χ2n) is 3.11. The SMILES string of the molecule is COC(F)Oc1cccc2ccccc12. The molecule has 0 aromatic heterocycles. The second-order valence-corrected chi connectivity index (χ2v) is 3.11. The van der Waals surface area contributed by atoms with Crippen LogP contribution in [0.25, 0.3) is 10.8 Å². The van der Waals surface area contributed by atoms with Gasteiger partial charge in [-0.25, -0.2) is 0 Å². The van der Waals surface area contributed by atoms with Crippen molar-refractivity contribution in [2.45, 2.75) is 6.54 Å². The van der Waals surface area contributed by atoms with Crippen molar-refractivity contribution in [1.82, 2.24) is 0 Å². The van der Waals surface area contributed by atoms with E-state index in [0.29, 0.717) is 5.75 Å². The first kappa shape index (κ1) is 9.93. The number of fused-ring (bicyclic) bond motifs is 1. The number of hydrogen-bond acceptors (Lipinski definition) is 2. The fourth-order valence-corrected chi connectivity index (χ4v) is 1.45. The Hall–Kier alpha value is -1.61. The molecule has 0 heterocycles. The lowest BCUT2D eigenvalue weighted by Gasteiger charge is -2.11. The molecule has 0 N–H and O–H groups in total. The van der Waals surface area contributed by atoms with Crippen molar-refractivity contribution in [3.05, 3.63) is 42.5 Å². The Morgan fingerprint density at radius 3 is 2.60 bits per heavy atom. The van der Waals surface area contributed by atoms with Crippen LogP contribution in [0.4, 0.5) is 4.39 Å². The van der Waals surface area contributed by atoms with Crippen LogP contribution in [0.15, 0.2) is 42.5 Å². The van der Waals surface area contributed by atoms with Gasteiger partial charge < -0.3 is 9.47 Å². The Bertz CT molecular complexity index is 451. The normalized spacial score (nSPS) is 12.7. The van der Waals surface area contributed by atoms with Gasteiger partial charge in [-0.1, -0.05) is 36.4 Å². The average molecular weight is 206 g/mol. The lowest BCUT2D eigenvalue weighted by molar-refractivity contribution is -0.145. The number of benzene rings is 2.